The molecule has 0 aromatic heterocycles. The Morgan fingerprint density at radius 1 is 1.50 bits per heavy atom. The van der Waals surface area contributed by atoms with E-state index in [0.29, 0.717) is 18.6 Å². The van der Waals surface area contributed by atoms with E-state index in [2.05, 4.69) is 22.0 Å². The molecular weight excluding hydrogens is 242 g/mol. The van der Waals surface area contributed by atoms with E-state index < -0.39 is 0 Å². The molecule has 1 rings (SSSR count). The molecule has 0 saturated carbocycles. The maximum Gasteiger partial charge on any atom is 0.122 e. The third-order valence-corrected chi connectivity index (χ3v) is 3.12. The number of phenolic OH excluding ortho intramolecular Hbond substituents is 1. The smallest absolute Gasteiger partial charge is 0.122 e. The molecule has 0 amide bonds. The molecule has 0 atom stereocenters. The Morgan fingerprint density at radius 3 is 2.71 bits per heavy atom. The number of phenols is 1. The molecule has 0 aliphatic carbocycles. The lowest BCUT2D eigenvalue weighted by Crippen LogP contribution is -1.93. The summed E-state index contributed by atoms with van der Waals surface area (Å²) in [5, 5.41) is 18.3. The van der Waals surface area contributed by atoms with Crippen molar-refractivity contribution < 1.29 is 5.11 Å². The molecule has 0 radical (unpaired) electrons. The molecule has 0 heterocycles. The second kappa shape index (κ2) is 4.47. The molecule has 0 aliphatic heterocycles. The molecular formula is C11H12BrNO. The zero-order valence-electron chi connectivity index (χ0n) is 8.26. The predicted octanol–water partition coefficient (Wildman–Crippen LogP) is 3.23. The lowest BCUT2D eigenvalue weighted by molar-refractivity contribution is 0.463. The standard InChI is InChI=1S/C11H12BrNO/c1-7-6-10(12)8(2)9(11(7)14)4-3-5-13/h6,14H,3-4H2,1-2H3. The van der Waals surface area contributed by atoms with Gasteiger partial charge in [0.1, 0.15) is 5.75 Å². The average Bonchev–Trinajstić information content (AvgIpc) is 2.15. The predicted molar refractivity (Wildman–Crippen MR) is 59.2 cm³/mol. The van der Waals surface area contributed by atoms with Crippen molar-refractivity contribution in [1.82, 2.24) is 0 Å². The minimum Gasteiger partial charge on any atom is -0.507 e. The summed E-state index contributed by atoms with van der Waals surface area (Å²) in [5.74, 6) is 0.320. The van der Waals surface area contributed by atoms with Crippen molar-refractivity contribution in [3.05, 3.63) is 27.2 Å². The van der Waals surface area contributed by atoms with E-state index in [1.807, 2.05) is 19.9 Å². The van der Waals surface area contributed by atoms with E-state index >= 15 is 0 Å². The number of nitrogens with zero attached hydrogens (tertiary/aromatic N) is 1. The van der Waals surface area contributed by atoms with Gasteiger partial charge in [-0.25, -0.2) is 0 Å². The summed E-state index contributed by atoms with van der Waals surface area (Å²) in [4.78, 5) is 0. The van der Waals surface area contributed by atoms with Gasteiger partial charge in [0.25, 0.3) is 0 Å². The lowest BCUT2D eigenvalue weighted by atomic mass is 10.00. The first-order valence-corrected chi connectivity index (χ1v) is 5.21. The van der Waals surface area contributed by atoms with E-state index in [9.17, 15) is 5.11 Å². The highest BCUT2D eigenvalue weighted by atomic mass is 79.9. The third-order valence-electron chi connectivity index (χ3n) is 2.30. The number of hydrogen-bond acceptors (Lipinski definition) is 2. The second-order valence-electron chi connectivity index (χ2n) is 3.29. The van der Waals surface area contributed by atoms with Gasteiger partial charge in [0.2, 0.25) is 0 Å². The Bertz CT molecular complexity index is 367. The van der Waals surface area contributed by atoms with Crippen LogP contribution in [0, 0.1) is 25.2 Å². The zero-order chi connectivity index (χ0) is 10.7. The van der Waals surface area contributed by atoms with E-state index in [0.717, 1.165) is 21.2 Å². The number of aryl methyl sites for hydroxylation is 1. The number of rotatable bonds is 2. The van der Waals surface area contributed by atoms with Crippen LogP contribution in [-0.2, 0) is 6.42 Å². The van der Waals surface area contributed by atoms with Gasteiger partial charge in [0.15, 0.2) is 0 Å². The largest absolute Gasteiger partial charge is 0.507 e. The fraction of sp³-hybridized carbons (Fsp3) is 0.364. The molecule has 2 nitrogen and oxygen atoms in total. The van der Waals surface area contributed by atoms with Crippen LogP contribution in [-0.4, -0.2) is 5.11 Å². The Hall–Kier alpha value is -1.01. The van der Waals surface area contributed by atoms with Crippen LogP contribution in [0.1, 0.15) is 23.1 Å². The number of halogens is 1. The fourth-order valence-corrected chi connectivity index (χ4v) is 2.00. The van der Waals surface area contributed by atoms with Crippen molar-refractivity contribution in [3.63, 3.8) is 0 Å². The highest BCUT2D eigenvalue weighted by Crippen LogP contribution is 2.31. The molecule has 0 spiro atoms. The average molecular weight is 254 g/mol. The van der Waals surface area contributed by atoms with Crippen LogP contribution in [0.5, 0.6) is 5.75 Å². The van der Waals surface area contributed by atoms with Gasteiger partial charge < -0.3 is 5.11 Å². The van der Waals surface area contributed by atoms with Gasteiger partial charge >= 0.3 is 0 Å². The Kier molecular flexibility index (Phi) is 3.54. The quantitative estimate of drug-likeness (QED) is 0.880. The summed E-state index contributed by atoms with van der Waals surface area (Å²) in [7, 11) is 0. The summed E-state index contributed by atoms with van der Waals surface area (Å²) in [6.45, 7) is 3.80. The van der Waals surface area contributed by atoms with Gasteiger partial charge in [-0.3, -0.25) is 0 Å². The molecule has 14 heavy (non-hydrogen) atoms. The van der Waals surface area contributed by atoms with Gasteiger partial charge in [-0.2, -0.15) is 5.26 Å². The molecule has 0 bridgehead atoms. The summed E-state index contributed by atoms with van der Waals surface area (Å²) < 4.78 is 0.987. The maximum atomic E-state index is 9.80. The number of nitriles is 1. The molecule has 3 heteroatoms. The first kappa shape index (κ1) is 11.1. The second-order valence-corrected chi connectivity index (χ2v) is 4.14. The summed E-state index contributed by atoms with van der Waals surface area (Å²) in [5.41, 5.74) is 2.73. The van der Waals surface area contributed by atoms with Crippen molar-refractivity contribution >= 4 is 15.9 Å². The summed E-state index contributed by atoms with van der Waals surface area (Å²) in [6, 6.07) is 3.97. The highest BCUT2D eigenvalue weighted by Gasteiger charge is 2.10. The van der Waals surface area contributed by atoms with Crippen molar-refractivity contribution in [2.75, 3.05) is 0 Å². The molecule has 0 saturated heterocycles. The van der Waals surface area contributed by atoms with Gasteiger partial charge in [0, 0.05) is 10.9 Å². The molecule has 0 aliphatic rings. The Balaban J connectivity index is 3.19. The topological polar surface area (TPSA) is 44.0 Å². The first-order chi connectivity index (χ1) is 6.57. The van der Waals surface area contributed by atoms with Crippen LogP contribution in [0.3, 0.4) is 0 Å². The lowest BCUT2D eigenvalue weighted by Gasteiger charge is -2.11. The SMILES string of the molecule is Cc1cc(Br)c(C)c(CCC#N)c1O. The highest BCUT2D eigenvalue weighted by molar-refractivity contribution is 9.10. The summed E-state index contributed by atoms with van der Waals surface area (Å²) >= 11 is 3.43. The Morgan fingerprint density at radius 2 is 2.14 bits per heavy atom. The number of aromatic hydroxyl groups is 1. The number of hydrogen-bond donors (Lipinski definition) is 1. The molecule has 0 fully saturated rings. The minimum absolute atomic E-state index is 0.320. The monoisotopic (exact) mass is 253 g/mol. The van der Waals surface area contributed by atoms with Crippen molar-refractivity contribution in [2.24, 2.45) is 0 Å². The number of benzene rings is 1. The Labute approximate surface area is 92.3 Å². The molecule has 1 aromatic carbocycles. The maximum absolute atomic E-state index is 9.80. The van der Waals surface area contributed by atoms with E-state index in [-0.39, 0.29) is 0 Å². The molecule has 74 valence electrons. The van der Waals surface area contributed by atoms with E-state index in [4.69, 9.17) is 5.26 Å². The first-order valence-electron chi connectivity index (χ1n) is 4.42. The van der Waals surface area contributed by atoms with Crippen LogP contribution in [0.4, 0.5) is 0 Å². The molecule has 0 unspecified atom stereocenters. The van der Waals surface area contributed by atoms with E-state index in [1.165, 1.54) is 0 Å². The van der Waals surface area contributed by atoms with Crippen LogP contribution in [0.25, 0.3) is 0 Å². The van der Waals surface area contributed by atoms with Crippen LogP contribution >= 0.6 is 15.9 Å². The van der Waals surface area contributed by atoms with Crippen molar-refractivity contribution in [1.29, 1.82) is 5.26 Å². The summed E-state index contributed by atoms with van der Waals surface area (Å²) in [6.07, 6.45) is 1.04. The van der Waals surface area contributed by atoms with Crippen LogP contribution < -0.4 is 0 Å². The third kappa shape index (κ3) is 2.08. The van der Waals surface area contributed by atoms with Crippen LogP contribution in [0.15, 0.2) is 10.5 Å². The minimum atomic E-state index is 0.320. The van der Waals surface area contributed by atoms with Crippen molar-refractivity contribution in [2.45, 2.75) is 26.7 Å². The molecule has 1 aromatic rings. The van der Waals surface area contributed by atoms with E-state index in [1.54, 1.807) is 0 Å². The van der Waals surface area contributed by atoms with Gasteiger partial charge in [-0.05, 0) is 43.0 Å². The molecule has 1 N–H and O–H groups in total. The normalized spacial score (nSPS) is 9.86. The van der Waals surface area contributed by atoms with Crippen molar-refractivity contribution in [3.8, 4) is 11.8 Å². The zero-order valence-corrected chi connectivity index (χ0v) is 9.85. The fourth-order valence-electron chi connectivity index (χ4n) is 1.41. The van der Waals surface area contributed by atoms with Gasteiger partial charge in [-0.1, -0.05) is 15.9 Å². The van der Waals surface area contributed by atoms with Gasteiger partial charge in [0.05, 0.1) is 6.07 Å². The van der Waals surface area contributed by atoms with Crippen LogP contribution in [0.2, 0.25) is 0 Å². The van der Waals surface area contributed by atoms with Gasteiger partial charge in [-0.15, -0.1) is 0 Å².